The van der Waals surface area contributed by atoms with Gasteiger partial charge in [-0.05, 0) is 39.7 Å². The molecule has 0 aliphatic heterocycles. The molecule has 0 spiro atoms. The topological polar surface area (TPSA) is 34.9 Å². The Hall–Kier alpha value is -1.94. The maximum absolute atomic E-state index is 12.0. The minimum Gasteiger partial charge on any atom is -0.310 e. The number of benzene rings is 1. The highest BCUT2D eigenvalue weighted by atomic mass is 79.9. The van der Waals surface area contributed by atoms with Crippen LogP contribution in [0.15, 0.2) is 64.1 Å². The summed E-state index contributed by atoms with van der Waals surface area (Å²) in [4.78, 5) is 16.4. The third-order valence-electron chi connectivity index (χ3n) is 3.03. The molecule has 0 saturated carbocycles. The van der Waals surface area contributed by atoms with Crippen molar-refractivity contribution < 1.29 is 0 Å². The molecule has 0 radical (unpaired) electrons. The first kappa shape index (κ1) is 12.1. The van der Waals surface area contributed by atoms with Gasteiger partial charge in [-0.15, -0.1) is 0 Å². The molecule has 3 rings (SSSR count). The molecule has 0 bridgehead atoms. The lowest BCUT2D eigenvalue weighted by Crippen LogP contribution is -2.20. The van der Waals surface area contributed by atoms with Gasteiger partial charge in [-0.3, -0.25) is 9.78 Å². The Morgan fingerprint density at radius 3 is 2.84 bits per heavy atom. The lowest BCUT2D eigenvalue weighted by molar-refractivity contribution is 0.758. The number of hydrogen-bond acceptors (Lipinski definition) is 2. The summed E-state index contributed by atoms with van der Waals surface area (Å²) in [5.74, 6) is 0. The minimum absolute atomic E-state index is 0.0320. The second kappa shape index (κ2) is 4.97. The second-order valence-electron chi connectivity index (χ2n) is 4.28. The molecule has 3 nitrogen and oxygen atoms in total. The maximum atomic E-state index is 12.0. The van der Waals surface area contributed by atoms with Crippen LogP contribution in [0.2, 0.25) is 0 Å². The van der Waals surface area contributed by atoms with Crippen LogP contribution >= 0.6 is 15.9 Å². The predicted octanol–water partition coefficient (Wildman–Crippen LogP) is 3.21. The normalized spacial score (nSPS) is 10.8. The first-order valence-electron chi connectivity index (χ1n) is 5.93. The van der Waals surface area contributed by atoms with Crippen molar-refractivity contribution >= 4 is 26.8 Å². The number of hydrogen-bond donors (Lipinski definition) is 0. The molecule has 3 aromatic rings. The Bertz CT molecular complexity index is 790. The Kier molecular flexibility index (Phi) is 3.17. The molecule has 0 unspecified atom stereocenters. The van der Waals surface area contributed by atoms with Crippen LogP contribution < -0.4 is 5.56 Å². The Morgan fingerprint density at radius 2 is 1.95 bits per heavy atom. The molecule has 2 heterocycles. The summed E-state index contributed by atoms with van der Waals surface area (Å²) >= 11 is 3.26. The van der Waals surface area contributed by atoms with Crippen LogP contribution in [0.1, 0.15) is 5.56 Å². The molecule has 4 heteroatoms. The molecule has 1 aromatic carbocycles. The Labute approximate surface area is 118 Å². The van der Waals surface area contributed by atoms with E-state index >= 15 is 0 Å². The van der Waals surface area contributed by atoms with Gasteiger partial charge in [0.1, 0.15) is 0 Å². The van der Waals surface area contributed by atoms with Crippen molar-refractivity contribution in [1.29, 1.82) is 0 Å². The number of halogens is 1. The smallest absolute Gasteiger partial charge is 0.265 e. The van der Waals surface area contributed by atoms with E-state index in [-0.39, 0.29) is 5.56 Å². The zero-order chi connectivity index (χ0) is 13.2. The standard InChI is InChI=1S/C15H11BrN2O/c16-13-7-3-9-18(15(13)19)10-12-5-1-4-11-6-2-8-17-14(11)12/h1-9H,10H2. The first-order chi connectivity index (χ1) is 9.25. The van der Waals surface area contributed by atoms with Gasteiger partial charge < -0.3 is 4.57 Å². The van der Waals surface area contributed by atoms with Crippen LogP contribution in [0.4, 0.5) is 0 Å². The van der Waals surface area contributed by atoms with E-state index in [9.17, 15) is 4.79 Å². The van der Waals surface area contributed by atoms with Crippen molar-refractivity contribution in [1.82, 2.24) is 9.55 Å². The van der Waals surface area contributed by atoms with Crippen molar-refractivity contribution in [3.63, 3.8) is 0 Å². The fraction of sp³-hybridized carbons (Fsp3) is 0.0667. The van der Waals surface area contributed by atoms with Crippen LogP contribution in [0.5, 0.6) is 0 Å². The minimum atomic E-state index is -0.0320. The molecular weight excluding hydrogens is 304 g/mol. The molecule has 0 atom stereocenters. The van der Waals surface area contributed by atoms with Gasteiger partial charge >= 0.3 is 0 Å². The molecule has 19 heavy (non-hydrogen) atoms. The van der Waals surface area contributed by atoms with E-state index in [0.29, 0.717) is 11.0 Å². The molecular formula is C15H11BrN2O. The third-order valence-corrected chi connectivity index (χ3v) is 3.63. The second-order valence-corrected chi connectivity index (χ2v) is 5.14. The summed E-state index contributed by atoms with van der Waals surface area (Å²) in [6, 6.07) is 13.6. The molecule has 0 amide bonds. The van der Waals surface area contributed by atoms with Gasteiger partial charge in [0, 0.05) is 17.8 Å². The molecule has 0 aliphatic rings. The number of rotatable bonds is 2. The maximum Gasteiger partial charge on any atom is 0.265 e. The highest BCUT2D eigenvalue weighted by molar-refractivity contribution is 9.10. The zero-order valence-corrected chi connectivity index (χ0v) is 11.7. The fourth-order valence-corrected chi connectivity index (χ4v) is 2.49. The van der Waals surface area contributed by atoms with Crippen molar-refractivity contribution in [2.45, 2.75) is 6.54 Å². The van der Waals surface area contributed by atoms with E-state index in [1.807, 2.05) is 36.4 Å². The number of fused-ring (bicyclic) bond motifs is 1. The van der Waals surface area contributed by atoms with Crippen molar-refractivity contribution in [3.05, 3.63) is 75.2 Å². The summed E-state index contributed by atoms with van der Waals surface area (Å²) in [5, 5.41) is 1.09. The number of nitrogens with zero attached hydrogens (tertiary/aromatic N) is 2. The number of pyridine rings is 2. The van der Waals surface area contributed by atoms with Crippen molar-refractivity contribution in [2.75, 3.05) is 0 Å². The summed E-state index contributed by atoms with van der Waals surface area (Å²) in [5.41, 5.74) is 1.95. The molecule has 0 saturated heterocycles. The van der Waals surface area contributed by atoms with Gasteiger partial charge in [0.05, 0.1) is 16.5 Å². The van der Waals surface area contributed by atoms with E-state index < -0.39 is 0 Å². The van der Waals surface area contributed by atoms with Gasteiger partial charge in [0.25, 0.3) is 5.56 Å². The lowest BCUT2D eigenvalue weighted by atomic mass is 10.1. The van der Waals surface area contributed by atoms with Gasteiger partial charge in [0.15, 0.2) is 0 Å². The van der Waals surface area contributed by atoms with Gasteiger partial charge in [-0.1, -0.05) is 24.3 Å². The average molecular weight is 315 g/mol. The van der Waals surface area contributed by atoms with Crippen LogP contribution in [0, 0.1) is 0 Å². The van der Waals surface area contributed by atoms with Gasteiger partial charge in [0.2, 0.25) is 0 Å². The van der Waals surface area contributed by atoms with Crippen molar-refractivity contribution in [2.24, 2.45) is 0 Å². The van der Waals surface area contributed by atoms with E-state index in [0.717, 1.165) is 16.5 Å². The fourth-order valence-electron chi connectivity index (χ4n) is 2.11. The largest absolute Gasteiger partial charge is 0.310 e. The van der Waals surface area contributed by atoms with E-state index in [2.05, 4.69) is 20.9 Å². The SMILES string of the molecule is O=c1c(Br)cccn1Cc1cccc2cccnc12. The summed E-state index contributed by atoms with van der Waals surface area (Å²) in [7, 11) is 0. The van der Waals surface area contributed by atoms with Crippen LogP contribution in [-0.2, 0) is 6.54 Å². The predicted molar refractivity (Wildman–Crippen MR) is 79.2 cm³/mol. The molecule has 0 aliphatic carbocycles. The van der Waals surface area contributed by atoms with Crippen LogP contribution in [-0.4, -0.2) is 9.55 Å². The average Bonchev–Trinajstić information content (AvgIpc) is 2.44. The quantitative estimate of drug-likeness (QED) is 0.728. The third kappa shape index (κ3) is 2.31. The van der Waals surface area contributed by atoms with Crippen molar-refractivity contribution in [3.8, 4) is 0 Å². The van der Waals surface area contributed by atoms with Crippen LogP contribution in [0.25, 0.3) is 10.9 Å². The van der Waals surface area contributed by atoms with E-state index in [4.69, 9.17) is 0 Å². The lowest BCUT2D eigenvalue weighted by Gasteiger charge is -2.08. The van der Waals surface area contributed by atoms with E-state index in [1.54, 1.807) is 23.0 Å². The number of aromatic nitrogens is 2. The Morgan fingerprint density at radius 1 is 1.11 bits per heavy atom. The Balaban J connectivity index is 2.11. The molecule has 94 valence electrons. The molecule has 0 fully saturated rings. The highest BCUT2D eigenvalue weighted by Gasteiger charge is 2.05. The first-order valence-corrected chi connectivity index (χ1v) is 6.72. The zero-order valence-electron chi connectivity index (χ0n) is 10.1. The van der Waals surface area contributed by atoms with Gasteiger partial charge in [-0.25, -0.2) is 0 Å². The number of para-hydroxylation sites is 1. The summed E-state index contributed by atoms with van der Waals surface area (Å²) in [6.07, 6.45) is 3.56. The summed E-state index contributed by atoms with van der Waals surface area (Å²) in [6.45, 7) is 0.520. The van der Waals surface area contributed by atoms with Crippen LogP contribution in [0.3, 0.4) is 0 Å². The molecule has 2 aromatic heterocycles. The monoisotopic (exact) mass is 314 g/mol. The summed E-state index contributed by atoms with van der Waals surface area (Å²) < 4.78 is 2.25. The van der Waals surface area contributed by atoms with Gasteiger partial charge in [-0.2, -0.15) is 0 Å². The highest BCUT2D eigenvalue weighted by Crippen LogP contribution is 2.16. The molecule has 0 N–H and O–H groups in total. The van der Waals surface area contributed by atoms with E-state index in [1.165, 1.54) is 0 Å².